The zero-order chi connectivity index (χ0) is 11.8. The number of hydrogen-bond acceptors (Lipinski definition) is 5. The number of aromatic nitrogens is 3. The van der Waals surface area contributed by atoms with Gasteiger partial charge in [0.05, 0.1) is 18.4 Å². The molecule has 0 radical (unpaired) electrons. The Morgan fingerprint density at radius 3 is 3.06 bits per heavy atom. The molecule has 0 amide bonds. The molecule has 0 saturated carbocycles. The van der Waals surface area contributed by atoms with Crippen LogP contribution >= 0.6 is 0 Å². The summed E-state index contributed by atoms with van der Waals surface area (Å²) in [6.45, 7) is 0. The van der Waals surface area contributed by atoms with E-state index in [1.54, 1.807) is 18.6 Å². The molecule has 3 heterocycles. The van der Waals surface area contributed by atoms with E-state index < -0.39 is 6.23 Å². The van der Waals surface area contributed by atoms with E-state index in [2.05, 4.69) is 20.3 Å². The van der Waals surface area contributed by atoms with Crippen LogP contribution in [0.25, 0.3) is 11.4 Å². The first-order chi connectivity index (χ1) is 8.25. The lowest BCUT2D eigenvalue weighted by atomic mass is 10.1. The summed E-state index contributed by atoms with van der Waals surface area (Å²) in [7, 11) is 1.90. The van der Waals surface area contributed by atoms with Crippen LogP contribution in [-0.2, 0) is 7.05 Å². The molecule has 6 nitrogen and oxygen atoms in total. The van der Waals surface area contributed by atoms with Crippen LogP contribution in [0.5, 0.6) is 0 Å². The van der Waals surface area contributed by atoms with Gasteiger partial charge in [-0.25, -0.2) is 9.98 Å². The van der Waals surface area contributed by atoms with E-state index in [1.165, 1.54) is 6.34 Å². The molecule has 2 aromatic heterocycles. The van der Waals surface area contributed by atoms with Gasteiger partial charge in [0.1, 0.15) is 11.4 Å². The highest BCUT2D eigenvalue weighted by atomic mass is 16.3. The molecule has 1 aliphatic rings. The quantitative estimate of drug-likeness (QED) is 0.762. The average Bonchev–Trinajstić information content (AvgIpc) is 2.76. The molecule has 17 heavy (non-hydrogen) atoms. The fraction of sp³-hybridized carbons (Fsp3) is 0.182. The first-order valence-electron chi connectivity index (χ1n) is 5.19. The lowest BCUT2D eigenvalue weighted by molar-refractivity contribution is 0.189. The molecule has 1 aliphatic heterocycles. The molecule has 0 spiro atoms. The van der Waals surface area contributed by atoms with E-state index in [0.29, 0.717) is 11.3 Å². The van der Waals surface area contributed by atoms with E-state index in [9.17, 15) is 5.11 Å². The van der Waals surface area contributed by atoms with Crippen molar-refractivity contribution < 1.29 is 5.11 Å². The Morgan fingerprint density at radius 2 is 2.29 bits per heavy atom. The van der Waals surface area contributed by atoms with Gasteiger partial charge < -0.3 is 15.0 Å². The van der Waals surface area contributed by atoms with Gasteiger partial charge in [0.25, 0.3) is 0 Å². The normalized spacial score (nSPS) is 17.6. The maximum Gasteiger partial charge on any atom is 0.175 e. The summed E-state index contributed by atoms with van der Waals surface area (Å²) in [4.78, 5) is 12.4. The van der Waals surface area contributed by atoms with Gasteiger partial charge in [0.15, 0.2) is 6.23 Å². The molecule has 2 N–H and O–H groups in total. The lowest BCUT2D eigenvalue weighted by Crippen LogP contribution is -2.11. The second kappa shape index (κ2) is 3.67. The highest BCUT2D eigenvalue weighted by molar-refractivity contribution is 5.87. The maximum atomic E-state index is 9.75. The zero-order valence-electron chi connectivity index (χ0n) is 9.20. The molecule has 3 rings (SSSR count). The van der Waals surface area contributed by atoms with Gasteiger partial charge in [-0.05, 0) is 6.07 Å². The molecular weight excluding hydrogens is 218 g/mol. The second-order valence-electron chi connectivity index (χ2n) is 3.84. The Bertz CT molecular complexity index is 589. The molecule has 0 fully saturated rings. The maximum absolute atomic E-state index is 9.75. The molecule has 0 saturated heterocycles. The third kappa shape index (κ3) is 1.58. The number of aliphatic hydroxyl groups is 1. The van der Waals surface area contributed by atoms with E-state index in [4.69, 9.17) is 0 Å². The monoisotopic (exact) mass is 229 g/mol. The highest BCUT2D eigenvalue weighted by Crippen LogP contribution is 2.33. The number of aliphatic hydroxyl groups excluding tert-OH is 1. The SMILES string of the molecule is Cn1cnc(-c2nccc3c2NC=NC3O)c1. The summed E-state index contributed by atoms with van der Waals surface area (Å²) in [5.41, 5.74) is 2.95. The first-order valence-corrected chi connectivity index (χ1v) is 5.19. The van der Waals surface area contributed by atoms with Gasteiger partial charge in [-0.15, -0.1) is 0 Å². The van der Waals surface area contributed by atoms with Crippen molar-refractivity contribution in [2.45, 2.75) is 6.23 Å². The number of hydrogen-bond donors (Lipinski definition) is 2. The van der Waals surface area contributed by atoms with E-state index >= 15 is 0 Å². The molecule has 0 aliphatic carbocycles. The zero-order valence-corrected chi connectivity index (χ0v) is 9.20. The van der Waals surface area contributed by atoms with Crippen LogP contribution in [-0.4, -0.2) is 26.0 Å². The topological polar surface area (TPSA) is 75.3 Å². The number of pyridine rings is 1. The number of aryl methyl sites for hydroxylation is 1. The average molecular weight is 229 g/mol. The minimum atomic E-state index is -0.836. The van der Waals surface area contributed by atoms with Gasteiger partial charge in [-0.3, -0.25) is 4.98 Å². The number of aliphatic imine (C=N–C) groups is 1. The van der Waals surface area contributed by atoms with Crippen LogP contribution in [0.2, 0.25) is 0 Å². The van der Waals surface area contributed by atoms with Gasteiger partial charge in [0.2, 0.25) is 0 Å². The highest BCUT2D eigenvalue weighted by Gasteiger charge is 2.19. The Kier molecular flexibility index (Phi) is 2.15. The van der Waals surface area contributed by atoms with Crippen molar-refractivity contribution in [2.24, 2.45) is 12.0 Å². The van der Waals surface area contributed by atoms with Crippen LogP contribution in [0.15, 0.2) is 29.8 Å². The largest absolute Gasteiger partial charge is 0.368 e. The number of fused-ring (bicyclic) bond motifs is 1. The number of nitrogens with zero attached hydrogens (tertiary/aromatic N) is 4. The summed E-state index contributed by atoms with van der Waals surface area (Å²) >= 11 is 0. The van der Waals surface area contributed by atoms with Gasteiger partial charge >= 0.3 is 0 Å². The summed E-state index contributed by atoms with van der Waals surface area (Å²) in [5.74, 6) is 0. The van der Waals surface area contributed by atoms with Gasteiger partial charge in [-0.1, -0.05) is 0 Å². The predicted octanol–water partition coefficient (Wildman–Crippen LogP) is 0.927. The number of rotatable bonds is 1. The van der Waals surface area contributed by atoms with Crippen molar-refractivity contribution >= 4 is 12.0 Å². The molecule has 86 valence electrons. The lowest BCUT2D eigenvalue weighted by Gasteiger charge is -2.18. The Hall–Kier alpha value is -2.21. The number of nitrogens with one attached hydrogen (secondary N) is 1. The van der Waals surface area contributed by atoms with Gasteiger partial charge in [-0.2, -0.15) is 0 Å². The number of imidazole rings is 1. The Labute approximate surface area is 97.7 Å². The van der Waals surface area contributed by atoms with Crippen molar-refractivity contribution in [3.05, 3.63) is 30.4 Å². The third-order valence-electron chi connectivity index (χ3n) is 2.63. The molecule has 0 aromatic carbocycles. The minimum absolute atomic E-state index is 0.711. The molecule has 1 unspecified atom stereocenters. The standard InChI is InChI=1S/C11H11N5O/c1-16-4-8(15-6-16)10-9-7(2-3-12-10)11(17)14-5-13-9/h2-6,11,17H,1H3,(H,13,14). The summed E-state index contributed by atoms with van der Waals surface area (Å²) in [5, 5.41) is 12.8. The summed E-state index contributed by atoms with van der Waals surface area (Å²) in [6, 6.07) is 1.75. The molecule has 6 heteroatoms. The van der Waals surface area contributed by atoms with Gasteiger partial charge in [0, 0.05) is 25.0 Å². The van der Waals surface area contributed by atoms with Crippen LogP contribution in [0.3, 0.4) is 0 Å². The molecule has 0 bridgehead atoms. The predicted molar refractivity (Wildman–Crippen MR) is 63.5 cm³/mol. The molecular formula is C11H11N5O. The van der Waals surface area contributed by atoms with E-state index in [0.717, 1.165) is 11.4 Å². The fourth-order valence-corrected chi connectivity index (χ4v) is 1.83. The van der Waals surface area contributed by atoms with E-state index in [-0.39, 0.29) is 0 Å². The smallest absolute Gasteiger partial charge is 0.175 e. The van der Waals surface area contributed by atoms with Crippen molar-refractivity contribution in [2.75, 3.05) is 5.32 Å². The number of anilines is 1. The van der Waals surface area contributed by atoms with Crippen molar-refractivity contribution in [1.82, 2.24) is 14.5 Å². The van der Waals surface area contributed by atoms with Crippen molar-refractivity contribution in [3.8, 4) is 11.4 Å². The van der Waals surface area contributed by atoms with Crippen molar-refractivity contribution in [3.63, 3.8) is 0 Å². The van der Waals surface area contributed by atoms with Crippen LogP contribution < -0.4 is 5.32 Å². The van der Waals surface area contributed by atoms with E-state index in [1.807, 2.05) is 17.8 Å². The van der Waals surface area contributed by atoms with Crippen LogP contribution in [0.1, 0.15) is 11.8 Å². The first kappa shape index (κ1) is 9.98. The van der Waals surface area contributed by atoms with Crippen LogP contribution in [0, 0.1) is 0 Å². The second-order valence-corrected chi connectivity index (χ2v) is 3.84. The Morgan fingerprint density at radius 1 is 1.41 bits per heavy atom. The summed E-state index contributed by atoms with van der Waals surface area (Å²) < 4.78 is 1.85. The molecule has 2 aromatic rings. The summed E-state index contributed by atoms with van der Waals surface area (Å²) in [6.07, 6.45) is 5.87. The Balaban J connectivity index is 2.17. The third-order valence-corrected chi connectivity index (χ3v) is 2.63. The fourth-order valence-electron chi connectivity index (χ4n) is 1.83. The van der Waals surface area contributed by atoms with Crippen LogP contribution in [0.4, 0.5) is 5.69 Å². The minimum Gasteiger partial charge on any atom is -0.368 e. The molecule has 1 atom stereocenters. The van der Waals surface area contributed by atoms with Crippen molar-refractivity contribution in [1.29, 1.82) is 0 Å².